The van der Waals surface area contributed by atoms with Gasteiger partial charge in [0.1, 0.15) is 4.88 Å². The Morgan fingerprint density at radius 3 is 2.33 bits per heavy atom. The quantitative estimate of drug-likeness (QED) is 0.137. The van der Waals surface area contributed by atoms with Gasteiger partial charge in [0, 0.05) is 19.2 Å². The molecule has 13 heteroatoms. The van der Waals surface area contributed by atoms with E-state index in [9.17, 15) is 14.4 Å². The second-order valence-corrected chi connectivity index (χ2v) is 8.51. The Hall–Kier alpha value is -4.00. The van der Waals surface area contributed by atoms with E-state index in [0.29, 0.717) is 40.8 Å². The van der Waals surface area contributed by atoms with E-state index in [0.717, 1.165) is 37.6 Å². The molecule has 0 saturated carbocycles. The number of amides is 4. The van der Waals surface area contributed by atoms with E-state index in [1.54, 1.807) is 0 Å². The molecule has 0 saturated heterocycles. The van der Waals surface area contributed by atoms with Crippen LogP contribution >= 0.6 is 11.3 Å². The lowest BCUT2D eigenvalue weighted by Crippen LogP contribution is -2.24. The Morgan fingerprint density at radius 1 is 1.08 bits per heavy atom. The van der Waals surface area contributed by atoms with Gasteiger partial charge in [-0.1, -0.05) is 49.7 Å². The van der Waals surface area contributed by atoms with Gasteiger partial charge in [-0.25, -0.2) is 14.6 Å². The molecule has 0 aliphatic carbocycles. The molecule has 0 bridgehead atoms. The number of thiazole rings is 1. The summed E-state index contributed by atoms with van der Waals surface area (Å²) in [6.07, 6.45) is 4.01. The predicted octanol–water partition coefficient (Wildman–Crippen LogP) is 3.94. The zero-order chi connectivity index (χ0) is 26.9. The number of aryl methyl sites for hydroxylation is 2. The number of nitrogens with one attached hydrogen (secondary N) is 3. The van der Waals surface area contributed by atoms with Crippen molar-refractivity contribution in [3.8, 4) is 0 Å². The number of nitrogens with zero attached hydrogens (tertiary/aromatic N) is 2. The molecule has 0 atom stereocenters. The van der Waals surface area contributed by atoms with Crippen LogP contribution in [-0.4, -0.2) is 52.1 Å². The minimum absolute atomic E-state index is 0.164. The summed E-state index contributed by atoms with van der Waals surface area (Å²) in [5.41, 5.74) is 6.43. The van der Waals surface area contributed by atoms with E-state index in [1.165, 1.54) is 18.3 Å². The van der Waals surface area contributed by atoms with Crippen molar-refractivity contribution in [1.29, 1.82) is 0 Å². The maximum atomic E-state index is 12.7. The largest absolute Gasteiger partial charge is 0.465 e. The predicted molar refractivity (Wildman–Crippen MR) is 139 cm³/mol. The van der Waals surface area contributed by atoms with Crippen LogP contribution in [-0.2, 0) is 17.6 Å². The van der Waals surface area contributed by atoms with Crippen molar-refractivity contribution in [2.45, 2.75) is 52.4 Å². The van der Waals surface area contributed by atoms with E-state index in [2.05, 4.69) is 38.6 Å². The van der Waals surface area contributed by atoms with Crippen LogP contribution in [0.2, 0.25) is 0 Å². The van der Waals surface area contributed by atoms with Crippen molar-refractivity contribution >= 4 is 52.5 Å². The van der Waals surface area contributed by atoms with Crippen LogP contribution in [0.4, 0.5) is 20.4 Å². The number of primary amides is 1. The molecule has 7 N–H and O–H groups in total. The number of benzene rings is 1. The first kappa shape index (κ1) is 30.0. The third kappa shape index (κ3) is 13.0. The highest BCUT2D eigenvalue weighted by molar-refractivity contribution is 7.17. The number of nitrogens with two attached hydrogens (primary N) is 1. The topological polar surface area (TPSA) is 196 Å². The van der Waals surface area contributed by atoms with E-state index in [1.807, 2.05) is 24.3 Å². The number of unbranched alkanes of at least 4 members (excludes halogenated alkanes) is 3. The van der Waals surface area contributed by atoms with Gasteiger partial charge in [0.05, 0.1) is 12.0 Å². The number of aliphatic imine (C=N–C) groups is 1. The Labute approximate surface area is 213 Å². The molecule has 0 fully saturated rings. The summed E-state index contributed by atoms with van der Waals surface area (Å²) in [7, 11) is 0. The summed E-state index contributed by atoms with van der Waals surface area (Å²) in [5, 5.41) is 24.5. The maximum Gasteiger partial charge on any atom is 0.432 e. The molecule has 1 aromatic carbocycles. The average Bonchev–Trinajstić information content (AvgIpc) is 3.19. The Bertz CT molecular complexity index is 1030. The molecule has 196 valence electrons. The van der Waals surface area contributed by atoms with E-state index < -0.39 is 12.2 Å². The molecule has 0 unspecified atom stereocenters. The van der Waals surface area contributed by atoms with Gasteiger partial charge in [-0.2, -0.15) is 4.99 Å². The molecule has 2 rings (SSSR count). The highest BCUT2D eigenvalue weighted by atomic mass is 32.1. The molecule has 4 amide bonds. The lowest BCUT2D eigenvalue weighted by Gasteiger charge is -2.06. The van der Waals surface area contributed by atoms with Crippen molar-refractivity contribution in [3.63, 3.8) is 0 Å². The first-order chi connectivity index (χ1) is 17.1. The van der Waals surface area contributed by atoms with Gasteiger partial charge < -0.3 is 31.9 Å². The Kier molecular flexibility index (Phi) is 13.8. The fourth-order valence-electron chi connectivity index (χ4n) is 2.93. The molecule has 0 aliphatic rings. The number of carbonyl (C=O) groups is 4. The number of carbonyl (C=O) groups excluding carboxylic acids is 2. The van der Waals surface area contributed by atoms with Crippen LogP contribution < -0.4 is 21.7 Å². The summed E-state index contributed by atoms with van der Waals surface area (Å²) < 4.78 is 0. The monoisotopic (exact) mass is 520 g/mol. The number of carboxylic acid groups (broad SMARTS) is 2. The second kappa shape index (κ2) is 16.6. The van der Waals surface area contributed by atoms with Crippen LogP contribution in [0.1, 0.15) is 60.5 Å². The van der Waals surface area contributed by atoms with Crippen molar-refractivity contribution in [1.82, 2.24) is 10.3 Å². The van der Waals surface area contributed by atoms with Gasteiger partial charge >= 0.3 is 12.2 Å². The normalized spacial score (nSPS) is 10.3. The summed E-state index contributed by atoms with van der Waals surface area (Å²) in [4.78, 5) is 51.5. The number of hydrogen-bond donors (Lipinski definition) is 6. The lowest BCUT2D eigenvalue weighted by atomic mass is 10.1. The third-order valence-corrected chi connectivity index (χ3v) is 5.52. The van der Waals surface area contributed by atoms with Gasteiger partial charge in [0.2, 0.25) is 5.91 Å². The smallest absolute Gasteiger partial charge is 0.432 e. The lowest BCUT2D eigenvalue weighted by molar-refractivity contribution is -0.114. The fourth-order valence-corrected chi connectivity index (χ4v) is 3.90. The van der Waals surface area contributed by atoms with Gasteiger partial charge in [0.25, 0.3) is 5.91 Å². The first-order valence-electron chi connectivity index (χ1n) is 11.3. The van der Waals surface area contributed by atoms with Crippen molar-refractivity contribution < 1.29 is 29.4 Å². The van der Waals surface area contributed by atoms with Gasteiger partial charge in [-0.3, -0.25) is 9.59 Å². The number of hydrogen-bond acceptors (Lipinski definition) is 6. The standard InChI is InChI=1S/C22H29N5O4S.CH3NO2/c1-3-4-5-6-13-23-20(29)19-18(27-21(32-19)26-15(2)28)12-9-16-7-10-17(11-8-16)24-14-25-22(30)31;2-1(3)4/h7-8,10-11,14H,3-6,9,12-13H2,1-2H3,(H,23,29)(H,24,25)(H,30,31)(H,26,27,28);2H2,(H,3,4). The molecule has 12 nitrogen and oxygen atoms in total. The zero-order valence-electron chi connectivity index (χ0n) is 20.2. The first-order valence-corrected chi connectivity index (χ1v) is 12.1. The van der Waals surface area contributed by atoms with Crippen LogP contribution in [0.5, 0.6) is 0 Å². The van der Waals surface area contributed by atoms with Gasteiger partial charge in [-0.05, 0) is 37.0 Å². The number of anilines is 2. The maximum absolute atomic E-state index is 12.7. The molecule has 0 aliphatic heterocycles. The average molecular weight is 521 g/mol. The number of rotatable bonds is 12. The van der Waals surface area contributed by atoms with E-state index in [-0.39, 0.29) is 11.8 Å². The van der Waals surface area contributed by atoms with Crippen LogP contribution in [0.25, 0.3) is 0 Å². The summed E-state index contributed by atoms with van der Waals surface area (Å²) in [5.74, 6) is -0.394. The molecule has 0 spiro atoms. The molecular weight excluding hydrogens is 488 g/mol. The second-order valence-electron chi connectivity index (χ2n) is 7.51. The molecule has 2 aromatic rings. The summed E-state index contributed by atoms with van der Waals surface area (Å²) in [6, 6.07) is 7.45. The molecule has 1 heterocycles. The van der Waals surface area contributed by atoms with Crippen molar-refractivity contribution in [3.05, 3.63) is 40.4 Å². The highest BCUT2D eigenvalue weighted by Crippen LogP contribution is 2.25. The minimum atomic E-state index is -1.33. The Morgan fingerprint density at radius 2 is 1.75 bits per heavy atom. The van der Waals surface area contributed by atoms with Crippen LogP contribution in [0.15, 0.2) is 29.3 Å². The van der Waals surface area contributed by atoms with Gasteiger partial charge in [0.15, 0.2) is 5.13 Å². The summed E-state index contributed by atoms with van der Waals surface area (Å²) >= 11 is 1.19. The molecule has 0 radical (unpaired) electrons. The van der Waals surface area contributed by atoms with Crippen LogP contribution in [0, 0.1) is 0 Å². The van der Waals surface area contributed by atoms with Gasteiger partial charge in [-0.15, -0.1) is 0 Å². The highest BCUT2D eigenvalue weighted by Gasteiger charge is 2.18. The molecular formula is C23H32N6O6S. The minimum Gasteiger partial charge on any atom is -0.465 e. The van der Waals surface area contributed by atoms with E-state index in [4.69, 9.17) is 15.0 Å². The molecule has 1 aromatic heterocycles. The Balaban J connectivity index is 0.00000150. The summed E-state index contributed by atoms with van der Waals surface area (Å²) in [6.45, 7) is 4.17. The molecule has 36 heavy (non-hydrogen) atoms. The fraction of sp³-hybridized carbons (Fsp3) is 0.391. The van der Waals surface area contributed by atoms with Crippen LogP contribution in [0.3, 0.4) is 0 Å². The van der Waals surface area contributed by atoms with Crippen molar-refractivity contribution in [2.24, 2.45) is 10.7 Å². The van der Waals surface area contributed by atoms with E-state index >= 15 is 0 Å². The third-order valence-electron chi connectivity index (χ3n) is 4.51. The van der Waals surface area contributed by atoms with Crippen molar-refractivity contribution in [2.75, 3.05) is 17.2 Å². The SMILES string of the molecule is CCCCCCNC(=O)c1sc(NC(C)=O)nc1CCc1ccc(NC=NC(=O)O)cc1.NC(=O)O. The zero-order valence-corrected chi connectivity index (χ0v) is 21.1. The number of aromatic nitrogens is 1.